The molecule has 1 fully saturated rings. The Balaban J connectivity index is 1.48. The Kier molecular flexibility index (Phi) is 5.44. The number of halogens is 1. The van der Waals surface area contributed by atoms with E-state index in [9.17, 15) is 14.0 Å². The van der Waals surface area contributed by atoms with Gasteiger partial charge in [-0.2, -0.15) is 0 Å². The second-order valence-electron chi connectivity index (χ2n) is 6.94. The highest BCUT2D eigenvalue weighted by molar-refractivity contribution is 5.87. The van der Waals surface area contributed by atoms with Gasteiger partial charge in [0.05, 0.1) is 0 Å². The highest BCUT2D eigenvalue weighted by atomic mass is 19.1. The first-order chi connectivity index (χ1) is 12.9. The average Bonchev–Trinajstić information content (AvgIpc) is 3.44. The molecule has 2 amide bonds. The molecular weight excluding hydrogens is 347 g/mol. The van der Waals surface area contributed by atoms with Crippen molar-refractivity contribution in [1.29, 1.82) is 0 Å². The minimum absolute atomic E-state index is 0.0612. The zero-order valence-corrected chi connectivity index (χ0v) is 15.6. The second kappa shape index (κ2) is 7.78. The van der Waals surface area contributed by atoms with E-state index in [0.717, 1.165) is 16.7 Å². The Labute approximate surface area is 157 Å². The Morgan fingerprint density at radius 1 is 1.11 bits per heavy atom. The molecule has 6 heteroatoms. The summed E-state index contributed by atoms with van der Waals surface area (Å²) in [5.41, 5.74) is 7.85. The van der Waals surface area contributed by atoms with Crippen LogP contribution in [0.2, 0.25) is 0 Å². The third-order valence-corrected chi connectivity index (χ3v) is 4.96. The largest absolute Gasteiger partial charge is 0.481 e. The lowest BCUT2D eigenvalue weighted by Crippen LogP contribution is -2.47. The third kappa shape index (κ3) is 4.45. The zero-order chi connectivity index (χ0) is 19.6. The average molecular weight is 370 g/mol. The van der Waals surface area contributed by atoms with Crippen molar-refractivity contribution >= 4 is 11.8 Å². The van der Waals surface area contributed by atoms with E-state index in [1.165, 1.54) is 12.1 Å². The highest BCUT2D eigenvalue weighted by Gasteiger charge is 2.44. The minimum atomic E-state index is -0.752. The van der Waals surface area contributed by atoms with Crippen molar-refractivity contribution < 1.29 is 18.7 Å². The molecule has 0 aromatic heterocycles. The number of hydrogen-bond donors (Lipinski definition) is 2. The van der Waals surface area contributed by atoms with E-state index in [4.69, 9.17) is 4.74 Å². The summed E-state index contributed by atoms with van der Waals surface area (Å²) in [6.45, 7) is 5.53. The van der Waals surface area contributed by atoms with Crippen molar-refractivity contribution in [2.75, 3.05) is 0 Å². The Hall–Kier alpha value is -2.89. The first-order valence-corrected chi connectivity index (χ1v) is 8.95. The Morgan fingerprint density at radius 3 is 2.52 bits per heavy atom. The summed E-state index contributed by atoms with van der Waals surface area (Å²) >= 11 is 0. The fourth-order valence-corrected chi connectivity index (χ4v) is 2.98. The molecule has 1 aliphatic carbocycles. The number of ether oxygens (including phenoxy) is 1. The number of nitrogens with one attached hydrogen (secondary N) is 2. The van der Waals surface area contributed by atoms with E-state index < -0.39 is 12.0 Å². The van der Waals surface area contributed by atoms with Gasteiger partial charge in [0.25, 0.3) is 5.91 Å². The molecule has 0 radical (unpaired) electrons. The van der Waals surface area contributed by atoms with Gasteiger partial charge in [0, 0.05) is 5.92 Å². The lowest BCUT2D eigenvalue weighted by molar-refractivity contribution is -0.133. The molecule has 2 aromatic carbocycles. The number of amides is 2. The maximum atomic E-state index is 13.0. The van der Waals surface area contributed by atoms with Crippen LogP contribution in [0.1, 0.15) is 36.0 Å². The summed E-state index contributed by atoms with van der Waals surface area (Å²) in [5, 5.41) is 0. The predicted molar refractivity (Wildman–Crippen MR) is 99.5 cm³/mol. The van der Waals surface area contributed by atoms with E-state index in [1.54, 1.807) is 19.1 Å². The van der Waals surface area contributed by atoms with Gasteiger partial charge in [-0.3, -0.25) is 20.4 Å². The summed E-state index contributed by atoms with van der Waals surface area (Å²) < 4.78 is 18.7. The zero-order valence-electron chi connectivity index (χ0n) is 15.6. The summed E-state index contributed by atoms with van der Waals surface area (Å²) in [5.74, 6) is -0.495. The van der Waals surface area contributed by atoms with Crippen LogP contribution in [0.25, 0.3) is 0 Å². The van der Waals surface area contributed by atoms with Crippen molar-refractivity contribution in [3.8, 4) is 5.75 Å². The molecule has 3 atom stereocenters. The molecule has 2 aromatic rings. The maximum absolute atomic E-state index is 13.0. The fraction of sp³-hybridized carbons (Fsp3) is 0.333. The molecule has 5 nitrogen and oxygen atoms in total. The van der Waals surface area contributed by atoms with E-state index in [2.05, 4.69) is 10.9 Å². The molecule has 0 spiro atoms. The van der Waals surface area contributed by atoms with Crippen molar-refractivity contribution in [3.05, 3.63) is 65.0 Å². The molecule has 1 saturated carbocycles. The molecule has 0 heterocycles. The van der Waals surface area contributed by atoms with Gasteiger partial charge < -0.3 is 4.74 Å². The first-order valence-electron chi connectivity index (χ1n) is 8.95. The van der Waals surface area contributed by atoms with E-state index in [-0.39, 0.29) is 23.6 Å². The summed E-state index contributed by atoms with van der Waals surface area (Å²) in [6.07, 6.45) is -0.0695. The van der Waals surface area contributed by atoms with Crippen LogP contribution in [0.4, 0.5) is 4.39 Å². The molecule has 0 bridgehead atoms. The maximum Gasteiger partial charge on any atom is 0.279 e. The van der Waals surface area contributed by atoms with Crippen LogP contribution in [-0.4, -0.2) is 17.9 Å². The number of hydrazine groups is 1. The van der Waals surface area contributed by atoms with Crippen molar-refractivity contribution in [2.24, 2.45) is 5.92 Å². The number of aryl methyl sites for hydroxylation is 1. The molecule has 142 valence electrons. The molecule has 2 N–H and O–H groups in total. The number of carbonyl (C=O) groups is 2. The molecule has 3 unspecified atom stereocenters. The van der Waals surface area contributed by atoms with E-state index in [0.29, 0.717) is 12.2 Å². The summed E-state index contributed by atoms with van der Waals surface area (Å²) in [4.78, 5) is 24.4. The van der Waals surface area contributed by atoms with Gasteiger partial charge in [-0.15, -0.1) is 0 Å². The molecule has 3 rings (SSSR count). The molecule has 0 saturated heterocycles. The van der Waals surface area contributed by atoms with Crippen LogP contribution in [0, 0.1) is 25.6 Å². The van der Waals surface area contributed by atoms with Crippen LogP contribution in [0.3, 0.4) is 0 Å². The van der Waals surface area contributed by atoms with E-state index in [1.807, 2.05) is 32.0 Å². The van der Waals surface area contributed by atoms with Crippen LogP contribution in [-0.2, 0) is 9.59 Å². The van der Waals surface area contributed by atoms with Gasteiger partial charge in [0.2, 0.25) is 5.91 Å². The monoisotopic (exact) mass is 370 g/mol. The summed E-state index contributed by atoms with van der Waals surface area (Å²) in [6, 6.07) is 11.8. The van der Waals surface area contributed by atoms with Gasteiger partial charge in [0.1, 0.15) is 11.6 Å². The Bertz CT molecular complexity index is 851. The highest BCUT2D eigenvalue weighted by Crippen LogP contribution is 2.47. The lowest BCUT2D eigenvalue weighted by atomic mass is 10.1. The SMILES string of the molecule is Cc1cccc(OC(C)C(=O)NNC(=O)C2CC2c2ccc(F)cc2)c1C. The van der Waals surface area contributed by atoms with Crippen LogP contribution in [0.5, 0.6) is 5.75 Å². The quantitative estimate of drug-likeness (QED) is 0.795. The fourth-order valence-electron chi connectivity index (χ4n) is 2.98. The van der Waals surface area contributed by atoms with E-state index >= 15 is 0 Å². The molecule has 0 aliphatic heterocycles. The molecular formula is C21H23FN2O3. The minimum Gasteiger partial charge on any atom is -0.481 e. The smallest absolute Gasteiger partial charge is 0.279 e. The number of carbonyl (C=O) groups excluding carboxylic acids is 2. The number of hydrogen-bond acceptors (Lipinski definition) is 3. The Morgan fingerprint density at radius 2 is 1.81 bits per heavy atom. The third-order valence-electron chi connectivity index (χ3n) is 4.96. The number of rotatable bonds is 5. The van der Waals surface area contributed by atoms with Crippen LogP contribution < -0.4 is 15.6 Å². The van der Waals surface area contributed by atoms with Crippen molar-refractivity contribution in [2.45, 2.75) is 39.2 Å². The van der Waals surface area contributed by atoms with Gasteiger partial charge in [-0.1, -0.05) is 24.3 Å². The van der Waals surface area contributed by atoms with Gasteiger partial charge in [-0.05, 0) is 68.0 Å². The number of benzene rings is 2. The summed E-state index contributed by atoms with van der Waals surface area (Å²) in [7, 11) is 0. The van der Waals surface area contributed by atoms with Gasteiger partial charge in [0.15, 0.2) is 6.10 Å². The van der Waals surface area contributed by atoms with Crippen molar-refractivity contribution in [1.82, 2.24) is 10.9 Å². The van der Waals surface area contributed by atoms with Crippen LogP contribution in [0.15, 0.2) is 42.5 Å². The molecule has 1 aliphatic rings. The van der Waals surface area contributed by atoms with Gasteiger partial charge >= 0.3 is 0 Å². The first kappa shape index (κ1) is 18.9. The predicted octanol–water partition coefficient (Wildman–Crippen LogP) is 3.16. The topological polar surface area (TPSA) is 67.4 Å². The normalized spacial score (nSPS) is 19.1. The second-order valence-corrected chi connectivity index (χ2v) is 6.94. The lowest BCUT2D eigenvalue weighted by Gasteiger charge is -2.17. The van der Waals surface area contributed by atoms with Crippen molar-refractivity contribution in [3.63, 3.8) is 0 Å². The standard InChI is InChI=1S/C21H23FN2O3/c1-12-5-4-6-19(13(12)2)27-14(3)20(25)23-24-21(26)18-11-17(18)15-7-9-16(22)10-8-15/h4-10,14,17-18H,11H2,1-3H3,(H,23,25)(H,24,26). The van der Waals surface area contributed by atoms with Crippen LogP contribution >= 0.6 is 0 Å². The van der Waals surface area contributed by atoms with Gasteiger partial charge in [-0.25, -0.2) is 4.39 Å². The molecule has 27 heavy (non-hydrogen) atoms.